The summed E-state index contributed by atoms with van der Waals surface area (Å²) >= 11 is 0. The summed E-state index contributed by atoms with van der Waals surface area (Å²) in [5, 5.41) is 2.19. The number of morpholine rings is 1. The molecule has 2 aliphatic rings. The summed E-state index contributed by atoms with van der Waals surface area (Å²) < 4.78 is 11.1. The molecular formula is C19H17N3O5. The quantitative estimate of drug-likeness (QED) is 0.657. The van der Waals surface area contributed by atoms with Gasteiger partial charge in [-0.05, 0) is 24.3 Å². The van der Waals surface area contributed by atoms with E-state index in [1.54, 1.807) is 42.5 Å². The standard InChI is InChI=1S/C19H17N3O5/c23-17-15(12-14-6-7-16(27-14)21-8-10-26-11-9-21)18(24)22(19(25)20-17)13-4-2-1-3-5-13/h1-7,12H,8-11H2,(H,20,23,25)/b15-12+. The van der Waals surface area contributed by atoms with Gasteiger partial charge in [-0.25, -0.2) is 9.69 Å². The number of amides is 4. The van der Waals surface area contributed by atoms with Crippen LogP contribution in [0.5, 0.6) is 0 Å². The first-order valence-electron chi connectivity index (χ1n) is 8.52. The van der Waals surface area contributed by atoms with Crippen molar-refractivity contribution in [2.45, 2.75) is 0 Å². The van der Waals surface area contributed by atoms with E-state index in [0.717, 1.165) is 4.90 Å². The molecule has 8 nitrogen and oxygen atoms in total. The number of anilines is 2. The highest BCUT2D eigenvalue weighted by Gasteiger charge is 2.37. The minimum Gasteiger partial charge on any atom is -0.441 e. The molecule has 1 N–H and O–H groups in total. The number of nitrogens with one attached hydrogen (secondary N) is 1. The van der Waals surface area contributed by atoms with E-state index in [4.69, 9.17) is 9.15 Å². The van der Waals surface area contributed by atoms with Crippen LogP contribution in [-0.2, 0) is 14.3 Å². The lowest BCUT2D eigenvalue weighted by Gasteiger charge is -2.26. The fraction of sp³-hybridized carbons (Fsp3) is 0.211. The van der Waals surface area contributed by atoms with E-state index in [1.807, 2.05) is 4.90 Å². The number of ether oxygens (including phenoxy) is 1. The van der Waals surface area contributed by atoms with Gasteiger partial charge in [0.05, 0.1) is 18.9 Å². The molecule has 0 unspecified atom stereocenters. The molecule has 0 atom stereocenters. The molecule has 1 aromatic heterocycles. The second-order valence-electron chi connectivity index (χ2n) is 6.07. The maximum Gasteiger partial charge on any atom is 0.335 e. The summed E-state index contributed by atoms with van der Waals surface area (Å²) in [7, 11) is 0. The molecule has 3 heterocycles. The number of imide groups is 2. The minimum absolute atomic E-state index is 0.165. The van der Waals surface area contributed by atoms with Gasteiger partial charge in [0.25, 0.3) is 11.8 Å². The molecule has 4 amide bonds. The lowest BCUT2D eigenvalue weighted by atomic mass is 10.1. The number of urea groups is 1. The van der Waals surface area contributed by atoms with E-state index in [0.29, 0.717) is 43.6 Å². The predicted molar refractivity (Wildman–Crippen MR) is 97.2 cm³/mol. The van der Waals surface area contributed by atoms with Gasteiger partial charge in [-0.2, -0.15) is 0 Å². The number of nitrogens with zero attached hydrogens (tertiary/aromatic N) is 2. The van der Waals surface area contributed by atoms with Crippen LogP contribution in [0.2, 0.25) is 0 Å². The highest BCUT2D eigenvalue weighted by Crippen LogP contribution is 2.24. The molecule has 2 fully saturated rings. The second kappa shape index (κ2) is 7.08. The van der Waals surface area contributed by atoms with Crippen molar-refractivity contribution in [3.8, 4) is 0 Å². The summed E-state index contributed by atoms with van der Waals surface area (Å²) in [5.41, 5.74) is 0.216. The molecule has 138 valence electrons. The number of furan rings is 1. The first kappa shape index (κ1) is 17.0. The van der Waals surface area contributed by atoms with E-state index in [2.05, 4.69) is 5.32 Å². The maximum absolute atomic E-state index is 12.8. The molecule has 27 heavy (non-hydrogen) atoms. The summed E-state index contributed by atoms with van der Waals surface area (Å²) in [6.07, 6.45) is 1.35. The van der Waals surface area contributed by atoms with Gasteiger partial charge in [-0.15, -0.1) is 0 Å². The Hall–Kier alpha value is -3.39. The van der Waals surface area contributed by atoms with Gasteiger partial charge in [0.15, 0.2) is 5.88 Å². The van der Waals surface area contributed by atoms with Gasteiger partial charge in [0.1, 0.15) is 11.3 Å². The Balaban J connectivity index is 1.62. The molecule has 2 aliphatic heterocycles. The van der Waals surface area contributed by atoms with Crippen LogP contribution < -0.4 is 15.1 Å². The van der Waals surface area contributed by atoms with E-state index >= 15 is 0 Å². The van der Waals surface area contributed by atoms with Crippen LogP contribution in [0.15, 0.2) is 52.5 Å². The molecule has 8 heteroatoms. The van der Waals surface area contributed by atoms with Crippen LogP contribution in [0, 0.1) is 0 Å². The van der Waals surface area contributed by atoms with E-state index in [9.17, 15) is 14.4 Å². The Kier molecular flexibility index (Phi) is 4.47. The molecule has 0 saturated carbocycles. The summed E-state index contributed by atoms with van der Waals surface area (Å²) in [4.78, 5) is 40.0. The molecule has 0 spiro atoms. The van der Waals surface area contributed by atoms with Crippen molar-refractivity contribution in [2.24, 2.45) is 0 Å². The number of hydrogen-bond acceptors (Lipinski definition) is 6. The Morgan fingerprint density at radius 1 is 0.963 bits per heavy atom. The molecule has 0 bridgehead atoms. The van der Waals surface area contributed by atoms with Crippen LogP contribution in [0.1, 0.15) is 5.76 Å². The highest BCUT2D eigenvalue weighted by atomic mass is 16.5. The van der Waals surface area contributed by atoms with E-state index in [1.165, 1.54) is 6.08 Å². The van der Waals surface area contributed by atoms with Crippen molar-refractivity contribution in [2.75, 3.05) is 36.1 Å². The van der Waals surface area contributed by atoms with Crippen molar-refractivity contribution in [3.63, 3.8) is 0 Å². The number of para-hydroxylation sites is 1. The van der Waals surface area contributed by atoms with Crippen molar-refractivity contribution in [1.82, 2.24) is 5.32 Å². The third kappa shape index (κ3) is 3.34. The SMILES string of the molecule is O=C1NC(=O)N(c2ccccc2)C(=O)/C1=C/c1ccc(N2CCOCC2)o1. The van der Waals surface area contributed by atoms with Gasteiger partial charge >= 0.3 is 6.03 Å². The monoisotopic (exact) mass is 367 g/mol. The fourth-order valence-corrected chi connectivity index (χ4v) is 2.98. The van der Waals surface area contributed by atoms with Crippen molar-refractivity contribution >= 4 is 35.5 Å². The predicted octanol–water partition coefficient (Wildman–Crippen LogP) is 1.78. The first-order chi connectivity index (χ1) is 13.1. The number of carbonyl (C=O) groups excluding carboxylic acids is 3. The Bertz CT molecular complexity index is 912. The number of rotatable bonds is 3. The number of hydrogen-bond donors (Lipinski definition) is 1. The van der Waals surface area contributed by atoms with Crippen molar-refractivity contribution in [1.29, 1.82) is 0 Å². The van der Waals surface area contributed by atoms with E-state index in [-0.39, 0.29) is 5.57 Å². The summed E-state index contributed by atoms with van der Waals surface area (Å²) in [6, 6.07) is 11.1. The van der Waals surface area contributed by atoms with Crippen LogP contribution in [0.4, 0.5) is 16.4 Å². The van der Waals surface area contributed by atoms with Crippen molar-refractivity contribution < 1.29 is 23.5 Å². The molecule has 1 aromatic carbocycles. The van der Waals surface area contributed by atoms with Gasteiger partial charge in [0, 0.05) is 19.2 Å². The third-order valence-corrected chi connectivity index (χ3v) is 4.34. The number of barbiturate groups is 1. The van der Waals surface area contributed by atoms with Crippen LogP contribution >= 0.6 is 0 Å². The van der Waals surface area contributed by atoms with Gasteiger partial charge < -0.3 is 14.1 Å². The second-order valence-corrected chi connectivity index (χ2v) is 6.07. The number of benzene rings is 1. The summed E-state index contributed by atoms with van der Waals surface area (Å²) in [5.74, 6) is -0.442. The molecule has 2 saturated heterocycles. The van der Waals surface area contributed by atoms with E-state index < -0.39 is 17.8 Å². The van der Waals surface area contributed by atoms with Crippen LogP contribution in [0.3, 0.4) is 0 Å². The normalized spacial score (nSPS) is 19.6. The number of carbonyl (C=O) groups is 3. The largest absolute Gasteiger partial charge is 0.441 e. The molecule has 4 rings (SSSR count). The zero-order valence-electron chi connectivity index (χ0n) is 14.4. The van der Waals surface area contributed by atoms with Crippen LogP contribution in [-0.4, -0.2) is 44.1 Å². The van der Waals surface area contributed by atoms with Crippen molar-refractivity contribution in [3.05, 3.63) is 53.8 Å². The Morgan fingerprint density at radius 3 is 2.44 bits per heavy atom. The smallest absolute Gasteiger partial charge is 0.335 e. The summed E-state index contributed by atoms with van der Waals surface area (Å²) in [6.45, 7) is 2.65. The minimum atomic E-state index is -0.776. The topological polar surface area (TPSA) is 92.1 Å². The highest BCUT2D eigenvalue weighted by molar-refractivity contribution is 6.39. The van der Waals surface area contributed by atoms with Crippen LogP contribution in [0.25, 0.3) is 6.08 Å². The third-order valence-electron chi connectivity index (χ3n) is 4.34. The fourth-order valence-electron chi connectivity index (χ4n) is 2.98. The molecular weight excluding hydrogens is 350 g/mol. The van der Waals surface area contributed by atoms with Gasteiger partial charge in [0.2, 0.25) is 0 Å². The molecule has 0 radical (unpaired) electrons. The Morgan fingerprint density at radius 2 is 1.70 bits per heavy atom. The molecule has 2 aromatic rings. The molecule has 0 aliphatic carbocycles. The lowest BCUT2D eigenvalue weighted by molar-refractivity contribution is -0.122. The zero-order valence-corrected chi connectivity index (χ0v) is 14.4. The van der Waals surface area contributed by atoms with Gasteiger partial charge in [-0.1, -0.05) is 18.2 Å². The average Bonchev–Trinajstić information content (AvgIpc) is 3.15. The van der Waals surface area contributed by atoms with Gasteiger partial charge in [-0.3, -0.25) is 14.9 Å². The lowest BCUT2D eigenvalue weighted by Crippen LogP contribution is -2.54. The Labute approximate surface area is 155 Å². The zero-order chi connectivity index (χ0) is 18.8. The first-order valence-corrected chi connectivity index (χ1v) is 8.52. The maximum atomic E-state index is 12.8. The average molecular weight is 367 g/mol.